The molecular formula is C21H18N2O. The number of aliphatic imine (C=N–C) groups is 1. The van der Waals surface area contributed by atoms with Crippen LogP contribution in [0.25, 0.3) is 0 Å². The van der Waals surface area contributed by atoms with Crippen LogP contribution in [-0.2, 0) is 11.2 Å². The maximum Gasteiger partial charge on any atom is 0.236 e. The highest BCUT2D eigenvalue weighted by molar-refractivity contribution is 5.93. The zero-order valence-corrected chi connectivity index (χ0v) is 13.3. The fourth-order valence-corrected chi connectivity index (χ4v) is 2.86. The Kier molecular flexibility index (Phi) is 4.07. The molecule has 3 aromatic rings. The van der Waals surface area contributed by atoms with Gasteiger partial charge in [0.05, 0.1) is 0 Å². The highest BCUT2D eigenvalue weighted by Crippen LogP contribution is 2.24. The first-order valence-corrected chi connectivity index (χ1v) is 8.14. The predicted octanol–water partition coefficient (Wildman–Crippen LogP) is 4.19. The standard InChI is InChI=1S/C21H18N2O/c1-3-8-16(9-4-1)14-18-12-7-13-19(22-18)21-23-20(15-24-21)17-10-5-2-6-11-17/h1-13,20H,14-15H2/t20-/m0/s1. The van der Waals surface area contributed by atoms with E-state index >= 15 is 0 Å². The molecule has 0 amide bonds. The molecule has 0 radical (unpaired) electrons. The number of pyridine rings is 1. The van der Waals surface area contributed by atoms with Crippen molar-refractivity contribution in [3.8, 4) is 0 Å². The van der Waals surface area contributed by atoms with Crippen LogP contribution >= 0.6 is 0 Å². The second kappa shape index (κ2) is 6.67. The average Bonchev–Trinajstić information content (AvgIpc) is 3.14. The van der Waals surface area contributed by atoms with Crippen LogP contribution < -0.4 is 0 Å². The normalized spacial score (nSPS) is 16.5. The number of aromatic nitrogens is 1. The van der Waals surface area contributed by atoms with E-state index < -0.39 is 0 Å². The highest BCUT2D eigenvalue weighted by atomic mass is 16.5. The molecule has 3 heteroatoms. The van der Waals surface area contributed by atoms with Crippen molar-refractivity contribution in [2.24, 2.45) is 4.99 Å². The van der Waals surface area contributed by atoms with Gasteiger partial charge < -0.3 is 4.74 Å². The van der Waals surface area contributed by atoms with Gasteiger partial charge in [-0.3, -0.25) is 0 Å². The summed E-state index contributed by atoms with van der Waals surface area (Å²) < 4.78 is 5.80. The van der Waals surface area contributed by atoms with Crippen molar-refractivity contribution < 1.29 is 4.74 Å². The van der Waals surface area contributed by atoms with Gasteiger partial charge in [0, 0.05) is 12.1 Å². The first-order chi connectivity index (χ1) is 11.9. The molecule has 3 nitrogen and oxygen atoms in total. The van der Waals surface area contributed by atoms with E-state index in [1.807, 2.05) is 54.6 Å². The predicted molar refractivity (Wildman–Crippen MR) is 95.2 cm³/mol. The average molecular weight is 314 g/mol. The van der Waals surface area contributed by atoms with Gasteiger partial charge in [0.2, 0.25) is 5.90 Å². The van der Waals surface area contributed by atoms with Crippen molar-refractivity contribution in [2.75, 3.05) is 6.61 Å². The molecule has 0 spiro atoms. The summed E-state index contributed by atoms with van der Waals surface area (Å²) in [5.74, 6) is 0.638. The van der Waals surface area contributed by atoms with Crippen LogP contribution in [0.1, 0.15) is 28.6 Å². The Labute approximate surface area is 141 Å². The lowest BCUT2D eigenvalue weighted by atomic mass is 10.1. The molecule has 4 rings (SSSR count). The number of hydrogen-bond donors (Lipinski definition) is 0. The lowest BCUT2D eigenvalue weighted by Crippen LogP contribution is -2.06. The maximum absolute atomic E-state index is 5.80. The Morgan fingerprint density at radius 3 is 2.38 bits per heavy atom. The fourth-order valence-electron chi connectivity index (χ4n) is 2.86. The van der Waals surface area contributed by atoms with Gasteiger partial charge in [0.15, 0.2) is 0 Å². The summed E-state index contributed by atoms with van der Waals surface area (Å²) in [5.41, 5.74) is 4.25. The van der Waals surface area contributed by atoms with Crippen molar-refractivity contribution in [1.82, 2.24) is 4.98 Å². The molecule has 0 bridgehead atoms. The van der Waals surface area contributed by atoms with Crippen molar-refractivity contribution >= 4 is 5.90 Å². The van der Waals surface area contributed by atoms with Crippen LogP contribution in [0.4, 0.5) is 0 Å². The molecule has 0 N–H and O–H groups in total. The summed E-state index contributed by atoms with van der Waals surface area (Å²) in [7, 11) is 0. The van der Waals surface area contributed by atoms with Crippen molar-refractivity contribution in [2.45, 2.75) is 12.5 Å². The van der Waals surface area contributed by atoms with Crippen molar-refractivity contribution in [3.63, 3.8) is 0 Å². The minimum atomic E-state index is 0.0563. The van der Waals surface area contributed by atoms with Crippen LogP contribution in [-0.4, -0.2) is 17.5 Å². The monoisotopic (exact) mass is 314 g/mol. The molecule has 0 fully saturated rings. The van der Waals surface area contributed by atoms with Gasteiger partial charge >= 0.3 is 0 Å². The molecule has 1 atom stereocenters. The molecule has 0 saturated carbocycles. The Balaban J connectivity index is 1.56. The quantitative estimate of drug-likeness (QED) is 0.723. The maximum atomic E-state index is 5.80. The first-order valence-electron chi connectivity index (χ1n) is 8.14. The third-order valence-corrected chi connectivity index (χ3v) is 4.09. The zero-order chi connectivity index (χ0) is 16.2. The summed E-state index contributed by atoms with van der Waals surface area (Å²) >= 11 is 0. The topological polar surface area (TPSA) is 34.5 Å². The first kappa shape index (κ1) is 14.6. The molecule has 2 heterocycles. The van der Waals surface area contributed by atoms with Crippen LogP contribution in [0.15, 0.2) is 83.9 Å². The Hall–Kier alpha value is -2.94. The largest absolute Gasteiger partial charge is 0.474 e. The Bertz CT molecular complexity index is 844. The lowest BCUT2D eigenvalue weighted by Gasteiger charge is -2.04. The number of hydrogen-bond acceptors (Lipinski definition) is 3. The molecule has 0 aliphatic carbocycles. The highest BCUT2D eigenvalue weighted by Gasteiger charge is 2.22. The molecule has 0 saturated heterocycles. The van der Waals surface area contributed by atoms with Crippen LogP contribution in [0.5, 0.6) is 0 Å². The van der Waals surface area contributed by atoms with Gasteiger partial charge in [-0.05, 0) is 23.3 Å². The second-order valence-electron chi connectivity index (χ2n) is 5.85. The van der Waals surface area contributed by atoms with Crippen LogP contribution in [0.2, 0.25) is 0 Å². The third-order valence-electron chi connectivity index (χ3n) is 4.09. The number of nitrogens with zero attached hydrogens (tertiary/aromatic N) is 2. The van der Waals surface area contributed by atoms with Gasteiger partial charge in [0.1, 0.15) is 18.3 Å². The Morgan fingerprint density at radius 2 is 1.58 bits per heavy atom. The molecule has 0 unspecified atom stereocenters. The van der Waals surface area contributed by atoms with Crippen LogP contribution in [0, 0.1) is 0 Å². The summed E-state index contributed by atoms with van der Waals surface area (Å²) in [6.45, 7) is 0.573. The van der Waals surface area contributed by atoms with Gasteiger partial charge in [0.25, 0.3) is 0 Å². The van der Waals surface area contributed by atoms with Gasteiger partial charge in [-0.2, -0.15) is 0 Å². The minimum absolute atomic E-state index is 0.0563. The van der Waals surface area contributed by atoms with E-state index in [0.717, 1.165) is 17.8 Å². The van der Waals surface area contributed by atoms with Gasteiger partial charge in [-0.1, -0.05) is 66.7 Å². The number of rotatable bonds is 4. The number of benzene rings is 2. The SMILES string of the molecule is c1ccc(Cc2cccc(C3=N[C@H](c4ccccc4)CO3)n2)cc1. The fraction of sp³-hybridized carbons (Fsp3) is 0.143. The van der Waals surface area contributed by atoms with E-state index in [0.29, 0.717) is 12.5 Å². The van der Waals surface area contributed by atoms with E-state index in [9.17, 15) is 0 Å². The summed E-state index contributed by atoms with van der Waals surface area (Å²) in [6.07, 6.45) is 0.810. The Morgan fingerprint density at radius 1 is 0.833 bits per heavy atom. The molecule has 24 heavy (non-hydrogen) atoms. The van der Waals surface area contributed by atoms with Crippen molar-refractivity contribution in [3.05, 3.63) is 101 Å². The molecule has 1 aliphatic rings. The van der Waals surface area contributed by atoms with E-state index in [1.165, 1.54) is 11.1 Å². The molecule has 1 aromatic heterocycles. The second-order valence-corrected chi connectivity index (χ2v) is 5.85. The molecule has 2 aromatic carbocycles. The zero-order valence-electron chi connectivity index (χ0n) is 13.3. The van der Waals surface area contributed by atoms with E-state index in [4.69, 9.17) is 14.7 Å². The minimum Gasteiger partial charge on any atom is -0.474 e. The molecular weight excluding hydrogens is 296 g/mol. The van der Waals surface area contributed by atoms with Gasteiger partial charge in [-0.25, -0.2) is 9.98 Å². The van der Waals surface area contributed by atoms with E-state index in [1.54, 1.807) is 0 Å². The number of ether oxygens (including phenoxy) is 1. The van der Waals surface area contributed by atoms with E-state index in [-0.39, 0.29) is 6.04 Å². The van der Waals surface area contributed by atoms with Crippen LogP contribution in [0.3, 0.4) is 0 Å². The smallest absolute Gasteiger partial charge is 0.236 e. The lowest BCUT2D eigenvalue weighted by molar-refractivity contribution is 0.319. The third kappa shape index (κ3) is 3.20. The molecule has 1 aliphatic heterocycles. The summed E-state index contributed by atoms with van der Waals surface area (Å²) in [5, 5.41) is 0. The van der Waals surface area contributed by atoms with Gasteiger partial charge in [-0.15, -0.1) is 0 Å². The summed E-state index contributed by atoms with van der Waals surface area (Å²) in [4.78, 5) is 9.43. The molecule has 118 valence electrons. The van der Waals surface area contributed by atoms with Crippen molar-refractivity contribution in [1.29, 1.82) is 0 Å². The van der Waals surface area contributed by atoms with E-state index in [2.05, 4.69) is 24.3 Å². The summed E-state index contributed by atoms with van der Waals surface area (Å²) in [6, 6.07) is 26.7.